The fraction of sp³-hybridized carbons (Fsp3) is 0.923. The molecule has 0 radical (unpaired) electrons. The van der Waals surface area contributed by atoms with Crippen LogP contribution >= 0.6 is 0 Å². The number of carbonyl (C=O) groups excluding carboxylic acids is 1. The van der Waals surface area contributed by atoms with Crippen LogP contribution in [0.2, 0.25) is 0 Å². The summed E-state index contributed by atoms with van der Waals surface area (Å²) in [6.45, 7) is 8.60. The Labute approximate surface area is 89.3 Å². The van der Waals surface area contributed by atoms with E-state index in [0.717, 1.165) is 38.5 Å². The zero-order chi connectivity index (χ0) is 11.0. The first-order valence-corrected chi connectivity index (χ1v) is 6.24. The molecule has 0 spiro atoms. The monoisotopic (exact) mass is 198 g/mol. The lowest BCUT2D eigenvalue weighted by atomic mass is 9.84. The van der Waals surface area contributed by atoms with E-state index in [0.29, 0.717) is 17.6 Å². The Morgan fingerprint density at radius 3 is 1.43 bits per heavy atom. The van der Waals surface area contributed by atoms with Crippen LogP contribution in [0, 0.1) is 11.8 Å². The number of Topliss-reactive ketones (excluding diaryl/α,β-unsaturated/α-hetero) is 1. The van der Waals surface area contributed by atoms with E-state index in [4.69, 9.17) is 0 Å². The van der Waals surface area contributed by atoms with Gasteiger partial charge in [0, 0.05) is 11.8 Å². The second-order valence-electron chi connectivity index (χ2n) is 4.19. The van der Waals surface area contributed by atoms with E-state index in [9.17, 15) is 4.79 Å². The van der Waals surface area contributed by atoms with Gasteiger partial charge in [-0.15, -0.1) is 0 Å². The number of carbonyl (C=O) groups is 1. The second-order valence-corrected chi connectivity index (χ2v) is 4.19. The summed E-state index contributed by atoms with van der Waals surface area (Å²) in [5.74, 6) is 1.19. The molecule has 0 rings (SSSR count). The first kappa shape index (κ1) is 13.7. The van der Waals surface area contributed by atoms with Gasteiger partial charge in [0.2, 0.25) is 0 Å². The van der Waals surface area contributed by atoms with Gasteiger partial charge in [-0.2, -0.15) is 0 Å². The van der Waals surface area contributed by atoms with Crippen molar-refractivity contribution in [3.05, 3.63) is 0 Å². The van der Waals surface area contributed by atoms with Gasteiger partial charge in [0.15, 0.2) is 0 Å². The van der Waals surface area contributed by atoms with Crippen molar-refractivity contribution in [3.8, 4) is 0 Å². The number of hydrogen-bond acceptors (Lipinski definition) is 1. The summed E-state index contributed by atoms with van der Waals surface area (Å²) in [5.41, 5.74) is 0. The van der Waals surface area contributed by atoms with Crippen LogP contribution in [0.25, 0.3) is 0 Å². The molecule has 0 aromatic carbocycles. The van der Waals surface area contributed by atoms with Gasteiger partial charge in [0.25, 0.3) is 0 Å². The number of hydrogen-bond donors (Lipinski definition) is 0. The molecule has 1 heteroatoms. The van der Waals surface area contributed by atoms with Crippen molar-refractivity contribution in [3.63, 3.8) is 0 Å². The molecule has 0 N–H and O–H groups in total. The predicted octanol–water partition coefficient (Wildman–Crippen LogP) is 4.21. The fourth-order valence-electron chi connectivity index (χ4n) is 2.13. The maximum Gasteiger partial charge on any atom is 0.139 e. The topological polar surface area (TPSA) is 17.1 Å². The molecule has 0 saturated heterocycles. The van der Waals surface area contributed by atoms with Crippen LogP contribution < -0.4 is 0 Å². The number of rotatable bonds is 8. The molecule has 0 heterocycles. The summed E-state index contributed by atoms with van der Waals surface area (Å²) in [6.07, 6.45) is 6.46. The summed E-state index contributed by atoms with van der Waals surface area (Å²) < 4.78 is 0. The first-order chi connectivity index (χ1) is 6.71. The molecule has 0 aliphatic heterocycles. The van der Waals surface area contributed by atoms with Crippen LogP contribution in [0.15, 0.2) is 0 Å². The van der Waals surface area contributed by atoms with Gasteiger partial charge in [-0.1, -0.05) is 40.5 Å². The van der Waals surface area contributed by atoms with Crippen LogP contribution in [0.3, 0.4) is 0 Å². The van der Waals surface area contributed by atoms with E-state index >= 15 is 0 Å². The molecule has 0 aromatic rings. The van der Waals surface area contributed by atoms with Crippen molar-refractivity contribution in [2.75, 3.05) is 0 Å². The van der Waals surface area contributed by atoms with E-state index in [-0.39, 0.29) is 0 Å². The highest BCUT2D eigenvalue weighted by Crippen LogP contribution is 2.22. The van der Waals surface area contributed by atoms with Crippen molar-refractivity contribution >= 4 is 5.78 Å². The summed E-state index contributed by atoms with van der Waals surface area (Å²) in [5, 5.41) is 0. The minimum Gasteiger partial charge on any atom is -0.299 e. The molecule has 1 nitrogen and oxygen atoms in total. The Morgan fingerprint density at radius 2 is 1.21 bits per heavy atom. The Balaban J connectivity index is 4.21. The molecule has 84 valence electrons. The van der Waals surface area contributed by atoms with Gasteiger partial charge < -0.3 is 0 Å². The molecule has 0 bridgehead atoms. The number of ketones is 1. The summed E-state index contributed by atoms with van der Waals surface area (Å²) in [6, 6.07) is 0. The van der Waals surface area contributed by atoms with E-state index in [1.807, 2.05) is 0 Å². The third kappa shape index (κ3) is 4.26. The van der Waals surface area contributed by atoms with Crippen LogP contribution in [-0.4, -0.2) is 5.78 Å². The SMILES string of the molecule is CCCC(CC)C(=O)C(CC)CCC. The van der Waals surface area contributed by atoms with Gasteiger partial charge in [-0.25, -0.2) is 0 Å². The lowest BCUT2D eigenvalue weighted by Crippen LogP contribution is -2.22. The van der Waals surface area contributed by atoms with Crippen molar-refractivity contribution in [1.29, 1.82) is 0 Å². The maximum absolute atomic E-state index is 12.1. The highest BCUT2D eigenvalue weighted by atomic mass is 16.1. The van der Waals surface area contributed by atoms with Crippen molar-refractivity contribution in [2.45, 2.75) is 66.2 Å². The van der Waals surface area contributed by atoms with Gasteiger partial charge in [-0.3, -0.25) is 4.79 Å². The molecular weight excluding hydrogens is 172 g/mol. The highest BCUT2D eigenvalue weighted by Gasteiger charge is 2.22. The largest absolute Gasteiger partial charge is 0.299 e. The Morgan fingerprint density at radius 1 is 0.857 bits per heavy atom. The zero-order valence-corrected chi connectivity index (χ0v) is 10.3. The van der Waals surface area contributed by atoms with Gasteiger partial charge in [0.1, 0.15) is 5.78 Å². The molecule has 0 fully saturated rings. The predicted molar refractivity (Wildman–Crippen MR) is 62.4 cm³/mol. The van der Waals surface area contributed by atoms with Gasteiger partial charge >= 0.3 is 0 Å². The Bertz CT molecular complexity index is 135. The van der Waals surface area contributed by atoms with Crippen LogP contribution in [-0.2, 0) is 4.79 Å². The summed E-state index contributed by atoms with van der Waals surface area (Å²) >= 11 is 0. The standard InChI is InChI=1S/C13H26O/c1-5-9-11(7-3)13(14)12(8-4)10-6-2/h11-12H,5-10H2,1-4H3. The first-order valence-electron chi connectivity index (χ1n) is 6.24. The molecule has 0 aliphatic carbocycles. The minimum absolute atomic E-state index is 0.330. The van der Waals surface area contributed by atoms with Crippen LogP contribution in [0.5, 0.6) is 0 Å². The van der Waals surface area contributed by atoms with E-state index in [1.165, 1.54) is 0 Å². The third-order valence-electron chi connectivity index (χ3n) is 3.06. The Hall–Kier alpha value is -0.330. The van der Waals surface area contributed by atoms with Crippen molar-refractivity contribution in [2.24, 2.45) is 11.8 Å². The summed E-state index contributed by atoms with van der Waals surface area (Å²) in [7, 11) is 0. The molecule has 14 heavy (non-hydrogen) atoms. The van der Waals surface area contributed by atoms with E-state index < -0.39 is 0 Å². The molecule has 0 aliphatic rings. The second kappa shape index (κ2) is 8.02. The maximum atomic E-state index is 12.1. The van der Waals surface area contributed by atoms with Gasteiger partial charge in [-0.05, 0) is 25.7 Å². The lowest BCUT2D eigenvalue weighted by molar-refractivity contribution is -0.127. The van der Waals surface area contributed by atoms with E-state index in [1.54, 1.807) is 0 Å². The quantitative estimate of drug-likeness (QED) is 0.571. The summed E-state index contributed by atoms with van der Waals surface area (Å²) in [4.78, 5) is 12.1. The molecular formula is C13H26O. The van der Waals surface area contributed by atoms with Crippen LogP contribution in [0.4, 0.5) is 0 Å². The normalized spacial score (nSPS) is 15.1. The van der Waals surface area contributed by atoms with Crippen LogP contribution in [0.1, 0.15) is 66.2 Å². The third-order valence-corrected chi connectivity index (χ3v) is 3.06. The molecule has 0 aromatic heterocycles. The lowest BCUT2D eigenvalue weighted by Gasteiger charge is -2.19. The average molecular weight is 198 g/mol. The van der Waals surface area contributed by atoms with Gasteiger partial charge in [0.05, 0.1) is 0 Å². The zero-order valence-electron chi connectivity index (χ0n) is 10.3. The smallest absolute Gasteiger partial charge is 0.139 e. The fourth-order valence-corrected chi connectivity index (χ4v) is 2.13. The van der Waals surface area contributed by atoms with E-state index in [2.05, 4.69) is 27.7 Å². The van der Waals surface area contributed by atoms with Crippen molar-refractivity contribution in [1.82, 2.24) is 0 Å². The molecule has 2 atom stereocenters. The average Bonchev–Trinajstić information content (AvgIpc) is 2.21. The van der Waals surface area contributed by atoms with Crippen molar-refractivity contribution < 1.29 is 4.79 Å². The molecule has 0 saturated carbocycles. The molecule has 0 amide bonds. The molecule has 2 unspecified atom stereocenters. The highest BCUT2D eigenvalue weighted by molar-refractivity contribution is 5.83. The Kier molecular flexibility index (Phi) is 7.83. The minimum atomic E-state index is 0.330.